The molecule has 0 aliphatic rings. The molecule has 2 N–H and O–H groups in total. The molecule has 0 radical (unpaired) electrons. The number of halogens is 2. The largest absolute Gasteiger partial charge is 0.338 e. The average molecular weight is 390 g/mol. The van der Waals surface area contributed by atoms with Crippen molar-refractivity contribution in [2.24, 2.45) is 10.7 Å². The predicted molar refractivity (Wildman–Crippen MR) is 103 cm³/mol. The van der Waals surface area contributed by atoms with Gasteiger partial charge in [0.1, 0.15) is 0 Å². The topological polar surface area (TPSA) is 85.2 Å². The number of aromatic nitrogens is 4. The van der Waals surface area contributed by atoms with Crippen LogP contribution in [-0.2, 0) is 13.1 Å². The van der Waals surface area contributed by atoms with Gasteiger partial charge in [-0.1, -0.05) is 58.3 Å². The van der Waals surface area contributed by atoms with Gasteiger partial charge in [0.25, 0.3) is 0 Å². The van der Waals surface area contributed by atoms with Crippen molar-refractivity contribution in [2.75, 3.05) is 7.05 Å². The Hall–Kier alpha value is -2.48. The average Bonchev–Trinajstić information content (AvgIpc) is 3.08. The highest BCUT2D eigenvalue weighted by Gasteiger charge is 2.14. The zero-order chi connectivity index (χ0) is 18.5. The molecule has 7 nitrogen and oxygen atoms in total. The lowest BCUT2D eigenvalue weighted by molar-refractivity contribution is 0.464. The molecular weight excluding hydrogens is 373 g/mol. The molecule has 0 aliphatic heterocycles. The van der Waals surface area contributed by atoms with Crippen LogP contribution in [0, 0.1) is 0 Å². The Morgan fingerprint density at radius 3 is 2.46 bits per heavy atom. The van der Waals surface area contributed by atoms with Crippen LogP contribution >= 0.6 is 23.2 Å². The lowest BCUT2D eigenvalue weighted by Gasteiger charge is -2.20. The standard InChI is InChI=1S/C17H17Cl2N7/c1-25(11-12-5-3-2-4-6-12)17(26-23-16(10-20)22-24-26)21-15-8-13(18)7-14(19)9-15/h2-9H,10-11,20H2,1H3. The van der Waals surface area contributed by atoms with Crippen molar-refractivity contribution in [1.29, 1.82) is 0 Å². The molecule has 0 amide bonds. The van der Waals surface area contributed by atoms with Gasteiger partial charge < -0.3 is 10.6 Å². The summed E-state index contributed by atoms with van der Waals surface area (Å²) in [6.07, 6.45) is 0. The van der Waals surface area contributed by atoms with Gasteiger partial charge in [0, 0.05) is 23.6 Å². The van der Waals surface area contributed by atoms with Crippen LogP contribution in [0.3, 0.4) is 0 Å². The van der Waals surface area contributed by atoms with Gasteiger partial charge in [-0.2, -0.15) is 0 Å². The van der Waals surface area contributed by atoms with Crippen molar-refractivity contribution < 1.29 is 0 Å². The highest BCUT2D eigenvalue weighted by atomic mass is 35.5. The van der Waals surface area contributed by atoms with E-state index in [1.165, 1.54) is 4.80 Å². The van der Waals surface area contributed by atoms with Crippen LogP contribution in [-0.4, -0.2) is 38.1 Å². The number of hydrogen-bond acceptors (Lipinski definition) is 5. The van der Waals surface area contributed by atoms with Crippen molar-refractivity contribution in [3.63, 3.8) is 0 Å². The Morgan fingerprint density at radius 1 is 1.15 bits per heavy atom. The fourth-order valence-electron chi connectivity index (χ4n) is 2.34. The zero-order valence-corrected chi connectivity index (χ0v) is 15.6. The molecule has 0 fully saturated rings. The Bertz CT molecular complexity index is 888. The molecule has 26 heavy (non-hydrogen) atoms. The second-order valence-electron chi connectivity index (χ2n) is 5.58. The second kappa shape index (κ2) is 8.27. The first-order chi connectivity index (χ1) is 12.5. The summed E-state index contributed by atoms with van der Waals surface area (Å²) in [5.41, 5.74) is 7.29. The summed E-state index contributed by atoms with van der Waals surface area (Å²) >= 11 is 12.2. The fraction of sp³-hybridized carbons (Fsp3) is 0.176. The van der Waals surface area contributed by atoms with E-state index < -0.39 is 0 Å². The number of tetrazole rings is 1. The summed E-state index contributed by atoms with van der Waals surface area (Å²) < 4.78 is 0. The summed E-state index contributed by atoms with van der Waals surface area (Å²) in [5, 5.41) is 13.2. The summed E-state index contributed by atoms with van der Waals surface area (Å²) in [5.74, 6) is 0.898. The van der Waals surface area contributed by atoms with Gasteiger partial charge in [-0.3, -0.25) is 0 Å². The summed E-state index contributed by atoms with van der Waals surface area (Å²) in [4.78, 5) is 7.88. The molecule has 0 atom stereocenters. The van der Waals surface area contributed by atoms with Crippen LogP contribution < -0.4 is 5.73 Å². The van der Waals surface area contributed by atoms with Crippen molar-refractivity contribution in [2.45, 2.75) is 13.1 Å². The molecule has 2 aromatic carbocycles. The van der Waals surface area contributed by atoms with E-state index in [0.717, 1.165) is 5.56 Å². The minimum Gasteiger partial charge on any atom is -0.338 e. The quantitative estimate of drug-likeness (QED) is 0.547. The van der Waals surface area contributed by atoms with Gasteiger partial charge in [-0.15, -0.1) is 10.2 Å². The van der Waals surface area contributed by atoms with Crippen molar-refractivity contribution in [3.8, 4) is 0 Å². The van der Waals surface area contributed by atoms with Crippen molar-refractivity contribution in [3.05, 3.63) is 70.0 Å². The number of rotatable bonds is 4. The first kappa shape index (κ1) is 18.3. The maximum atomic E-state index is 6.08. The lowest BCUT2D eigenvalue weighted by Crippen LogP contribution is -2.34. The van der Waals surface area contributed by atoms with E-state index in [1.807, 2.05) is 42.3 Å². The van der Waals surface area contributed by atoms with Crippen LogP contribution in [0.25, 0.3) is 0 Å². The number of hydrogen-bond donors (Lipinski definition) is 1. The SMILES string of the molecule is CN(Cc1ccccc1)C(=Nc1cc(Cl)cc(Cl)c1)n1nnc(CN)n1. The molecule has 1 aromatic heterocycles. The highest BCUT2D eigenvalue weighted by molar-refractivity contribution is 6.35. The van der Waals surface area contributed by atoms with Gasteiger partial charge >= 0.3 is 0 Å². The van der Waals surface area contributed by atoms with E-state index in [4.69, 9.17) is 28.9 Å². The van der Waals surface area contributed by atoms with E-state index >= 15 is 0 Å². The molecule has 0 bridgehead atoms. The monoisotopic (exact) mass is 389 g/mol. The Labute approximate surface area is 161 Å². The maximum Gasteiger partial charge on any atom is 0.247 e. The third kappa shape index (κ3) is 4.57. The molecule has 1 heterocycles. The number of aliphatic imine (C=N–C) groups is 1. The van der Waals surface area contributed by atoms with E-state index in [2.05, 4.69) is 20.4 Å². The summed E-state index contributed by atoms with van der Waals surface area (Å²) in [6.45, 7) is 0.798. The molecule has 3 aromatic rings. The molecule has 0 saturated heterocycles. The van der Waals surface area contributed by atoms with Crippen LogP contribution in [0.2, 0.25) is 10.0 Å². The van der Waals surface area contributed by atoms with E-state index in [1.54, 1.807) is 18.2 Å². The number of benzene rings is 2. The maximum absolute atomic E-state index is 6.08. The Kier molecular flexibility index (Phi) is 5.82. The van der Waals surface area contributed by atoms with Gasteiger partial charge in [0.15, 0.2) is 5.82 Å². The van der Waals surface area contributed by atoms with E-state index in [-0.39, 0.29) is 6.54 Å². The molecule has 134 valence electrons. The van der Waals surface area contributed by atoms with Crippen LogP contribution in [0.1, 0.15) is 11.4 Å². The van der Waals surface area contributed by atoms with Crippen LogP contribution in [0.5, 0.6) is 0 Å². The third-order valence-corrected chi connectivity index (χ3v) is 3.93. The Balaban J connectivity index is 1.99. The minimum absolute atomic E-state index is 0.193. The third-order valence-electron chi connectivity index (χ3n) is 3.50. The number of nitrogens with zero attached hydrogens (tertiary/aromatic N) is 6. The predicted octanol–water partition coefficient (Wildman–Crippen LogP) is 3.11. The molecule has 0 aliphatic carbocycles. The van der Waals surface area contributed by atoms with Gasteiger partial charge in [-0.05, 0) is 29.0 Å². The second-order valence-corrected chi connectivity index (χ2v) is 6.45. The summed E-state index contributed by atoms with van der Waals surface area (Å²) in [7, 11) is 1.89. The minimum atomic E-state index is 0.193. The first-order valence-electron chi connectivity index (χ1n) is 7.84. The molecule has 0 unspecified atom stereocenters. The van der Waals surface area contributed by atoms with Crippen molar-refractivity contribution >= 4 is 34.8 Å². The van der Waals surface area contributed by atoms with E-state index in [9.17, 15) is 0 Å². The molecule has 0 spiro atoms. The highest BCUT2D eigenvalue weighted by Crippen LogP contribution is 2.25. The first-order valence-corrected chi connectivity index (χ1v) is 8.60. The van der Waals surface area contributed by atoms with Crippen LogP contribution in [0.15, 0.2) is 53.5 Å². The number of nitrogens with two attached hydrogens (primary N) is 1. The normalized spacial score (nSPS) is 11.6. The smallest absolute Gasteiger partial charge is 0.247 e. The summed E-state index contributed by atoms with van der Waals surface area (Å²) in [6, 6.07) is 15.1. The molecule has 3 rings (SSSR count). The fourth-order valence-corrected chi connectivity index (χ4v) is 2.85. The molecule has 0 saturated carbocycles. The van der Waals surface area contributed by atoms with Crippen LogP contribution in [0.4, 0.5) is 5.69 Å². The molecular formula is C17H17Cl2N7. The van der Waals surface area contributed by atoms with Gasteiger partial charge in [-0.25, -0.2) is 4.99 Å². The molecule has 9 heteroatoms. The van der Waals surface area contributed by atoms with Crippen molar-refractivity contribution in [1.82, 2.24) is 25.1 Å². The lowest BCUT2D eigenvalue weighted by atomic mass is 10.2. The van der Waals surface area contributed by atoms with Gasteiger partial charge in [0.05, 0.1) is 12.2 Å². The zero-order valence-electron chi connectivity index (χ0n) is 14.0. The van der Waals surface area contributed by atoms with Gasteiger partial charge in [0.2, 0.25) is 5.96 Å². The Morgan fingerprint density at radius 2 is 1.85 bits per heavy atom. The van der Waals surface area contributed by atoms with E-state index in [0.29, 0.717) is 34.1 Å².